The first-order valence-electron chi connectivity index (χ1n) is 15.0. The third kappa shape index (κ3) is 9.74. The minimum absolute atomic E-state index is 0.149. The Bertz CT molecular complexity index is 1320. The molecule has 2 aliphatic rings. The number of likely N-dealkylation sites (tertiary alicyclic amines) is 1. The lowest BCUT2D eigenvalue weighted by atomic mass is 9.64. The summed E-state index contributed by atoms with van der Waals surface area (Å²) in [6, 6.07) is 17.1. The molecule has 2 aromatic carbocycles. The zero-order valence-electron chi connectivity index (χ0n) is 26.1. The van der Waals surface area contributed by atoms with Gasteiger partial charge in [0.25, 0.3) is 0 Å². The van der Waals surface area contributed by atoms with E-state index in [1.54, 1.807) is 0 Å². The molecule has 5 N–H and O–H groups in total. The summed E-state index contributed by atoms with van der Waals surface area (Å²) in [5, 5.41) is 36.6. The number of benzene rings is 2. The number of aryl methyl sites for hydroxylation is 1. The first kappa shape index (κ1) is 35.5. The molecule has 1 fully saturated rings. The van der Waals surface area contributed by atoms with E-state index in [1.807, 2.05) is 6.07 Å². The average molecular weight is 629 g/mol. The molecule has 246 valence electrons. The minimum Gasteiger partial charge on any atom is -0.481 e. The molecule has 1 saturated heterocycles. The van der Waals surface area contributed by atoms with Gasteiger partial charge in [-0.15, -0.1) is 0 Å². The number of ether oxygens (including phenoxy) is 2. The van der Waals surface area contributed by atoms with Crippen molar-refractivity contribution in [3.63, 3.8) is 0 Å². The largest absolute Gasteiger partial charge is 0.481 e. The van der Waals surface area contributed by atoms with Gasteiger partial charge >= 0.3 is 24.0 Å². The second kappa shape index (κ2) is 15.3. The van der Waals surface area contributed by atoms with Crippen LogP contribution in [0.5, 0.6) is 0 Å². The average Bonchev–Trinajstić information content (AvgIpc) is 2.97. The Balaban J connectivity index is 0.000000360. The van der Waals surface area contributed by atoms with Gasteiger partial charge in [0.2, 0.25) is 0 Å². The summed E-state index contributed by atoms with van der Waals surface area (Å²) in [5.74, 6) is -5.02. The summed E-state index contributed by atoms with van der Waals surface area (Å²) in [7, 11) is 0. The Hall–Kier alpha value is -4.00. The highest BCUT2D eigenvalue weighted by molar-refractivity contribution is 5.88. The number of carboxylic acid groups (broad SMARTS) is 3. The van der Waals surface area contributed by atoms with Gasteiger partial charge in [-0.05, 0) is 82.8 Å². The minimum atomic E-state index is -2.74. The standard InChI is InChI=1S/C27H36N2O3.C6H8O7/c1-4-32-26(2,3)27(13-12-21-8-6-5-7-9-21)14-16-29(17-15-27)19-22-10-11-24-23(18-22)20-31-25(30)28-24;7-3(8)1-6(13,5(11)12)2-4(9)10/h5-11,18H,4,12-17,19-20H2,1-3H3,(H,28,30);13H,1-2H2,(H,7,8)(H,9,10)(H,11,12). The van der Waals surface area contributed by atoms with Crippen LogP contribution in [0.15, 0.2) is 48.5 Å². The molecule has 2 heterocycles. The highest BCUT2D eigenvalue weighted by Gasteiger charge is 2.47. The highest BCUT2D eigenvalue weighted by atomic mass is 16.5. The van der Waals surface area contributed by atoms with E-state index in [0.717, 1.165) is 63.2 Å². The van der Waals surface area contributed by atoms with Gasteiger partial charge in [0.05, 0.1) is 24.1 Å². The van der Waals surface area contributed by atoms with Gasteiger partial charge in [0.15, 0.2) is 5.60 Å². The smallest absolute Gasteiger partial charge is 0.411 e. The number of anilines is 1. The first-order chi connectivity index (χ1) is 21.2. The molecule has 2 aromatic rings. The number of hydrogen-bond donors (Lipinski definition) is 5. The van der Waals surface area contributed by atoms with Crippen LogP contribution in [0.4, 0.5) is 10.5 Å². The monoisotopic (exact) mass is 628 g/mol. The fourth-order valence-electron chi connectivity index (χ4n) is 6.08. The Labute approximate surface area is 263 Å². The van der Waals surface area contributed by atoms with Crippen molar-refractivity contribution in [3.8, 4) is 0 Å². The molecule has 0 saturated carbocycles. The molecule has 0 bridgehead atoms. The number of carbonyl (C=O) groups is 4. The second-order valence-corrected chi connectivity index (χ2v) is 12.2. The molecule has 45 heavy (non-hydrogen) atoms. The van der Waals surface area contributed by atoms with Crippen molar-refractivity contribution in [2.24, 2.45) is 5.41 Å². The van der Waals surface area contributed by atoms with Crippen LogP contribution in [-0.4, -0.2) is 80.2 Å². The van der Waals surface area contributed by atoms with Crippen LogP contribution in [0, 0.1) is 5.41 Å². The van der Waals surface area contributed by atoms with Crippen LogP contribution < -0.4 is 5.32 Å². The molecule has 0 radical (unpaired) electrons. The lowest BCUT2D eigenvalue weighted by molar-refractivity contribution is -0.170. The quantitative estimate of drug-likeness (QED) is 0.210. The van der Waals surface area contributed by atoms with Gasteiger partial charge in [-0.25, -0.2) is 9.59 Å². The van der Waals surface area contributed by atoms with Gasteiger partial charge in [-0.1, -0.05) is 36.4 Å². The molecular weight excluding hydrogens is 584 g/mol. The summed E-state index contributed by atoms with van der Waals surface area (Å²) in [4.78, 5) is 44.4. The van der Waals surface area contributed by atoms with Gasteiger partial charge in [-0.3, -0.25) is 19.8 Å². The molecule has 0 spiro atoms. The van der Waals surface area contributed by atoms with Crippen LogP contribution in [-0.2, 0) is 43.4 Å². The van der Waals surface area contributed by atoms with Crippen molar-refractivity contribution in [3.05, 3.63) is 65.2 Å². The van der Waals surface area contributed by atoms with Crippen molar-refractivity contribution in [2.45, 2.75) is 83.6 Å². The van der Waals surface area contributed by atoms with Crippen LogP contribution in [0.3, 0.4) is 0 Å². The molecule has 0 atom stereocenters. The number of amides is 1. The summed E-state index contributed by atoms with van der Waals surface area (Å²) >= 11 is 0. The van der Waals surface area contributed by atoms with Crippen molar-refractivity contribution in [1.29, 1.82) is 0 Å². The third-order valence-corrected chi connectivity index (χ3v) is 8.79. The van der Waals surface area contributed by atoms with E-state index in [-0.39, 0.29) is 17.1 Å². The SMILES string of the molecule is CCOC(C)(C)C1(CCc2ccccc2)CCN(Cc2ccc3c(c2)COC(=O)N3)CC1.O=C(O)CC(O)(CC(=O)O)C(=O)O. The summed E-state index contributed by atoms with van der Waals surface area (Å²) in [6.45, 7) is 10.8. The number of rotatable bonds is 13. The van der Waals surface area contributed by atoms with E-state index in [0.29, 0.717) is 6.61 Å². The number of hydrogen-bond acceptors (Lipinski definition) is 8. The number of cyclic esters (lactones) is 1. The lowest BCUT2D eigenvalue weighted by Gasteiger charge is -2.51. The van der Waals surface area contributed by atoms with Gasteiger partial charge in [-0.2, -0.15) is 0 Å². The number of carboxylic acids is 3. The van der Waals surface area contributed by atoms with Crippen molar-refractivity contribution in [2.75, 3.05) is 25.0 Å². The van der Waals surface area contributed by atoms with E-state index in [2.05, 4.69) is 73.5 Å². The van der Waals surface area contributed by atoms with Crippen LogP contribution in [0.2, 0.25) is 0 Å². The highest BCUT2D eigenvalue weighted by Crippen LogP contribution is 2.47. The van der Waals surface area contributed by atoms with Gasteiger partial charge in [0, 0.05) is 24.1 Å². The normalized spacial score (nSPS) is 16.3. The zero-order chi connectivity index (χ0) is 33.3. The van der Waals surface area contributed by atoms with E-state index in [4.69, 9.17) is 29.9 Å². The number of aliphatic carboxylic acids is 3. The van der Waals surface area contributed by atoms with Crippen LogP contribution in [0.1, 0.15) is 69.6 Å². The van der Waals surface area contributed by atoms with Crippen LogP contribution >= 0.6 is 0 Å². The molecule has 0 aromatic heterocycles. The number of piperidine rings is 1. The summed E-state index contributed by atoms with van der Waals surface area (Å²) in [5.41, 5.74) is 1.87. The molecule has 2 aliphatic heterocycles. The molecule has 4 rings (SSSR count). The second-order valence-electron chi connectivity index (χ2n) is 12.2. The molecule has 0 aliphatic carbocycles. The van der Waals surface area contributed by atoms with Crippen molar-refractivity contribution < 1.29 is 49.1 Å². The molecule has 12 nitrogen and oxygen atoms in total. The van der Waals surface area contributed by atoms with Crippen molar-refractivity contribution >= 4 is 29.7 Å². The molecule has 1 amide bonds. The fraction of sp³-hybridized carbons (Fsp3) is 0.515. The predicted octanol–water partition coefficient (Wildman–Crippen LogP) is 4.53. The maximum absolute atomic E-state index is 11.4. The van der Waals surface area contributed by atoms with Crippen molar-refractivity contribution in [1.82, 2.24) is 4.90 Å². The third-order valence-electron chi connectivity index (χ3n) is 8.79. The maximum Gasteiger partial charge on any atom is 0.411 e. The summed E-state index contributed by atoms with van der Waals surface area (Å²) < 4.78 is 11.4. The maximum atomic E-state index is 11.4. The fourth-order valence-corrected chi connectivity index (χ4v) is 6.08. The van der Waals surface area contributed by atoms with Gasteiger partial charge in [0.1, 0.15) is 6.61 Å². The number of nitrogens with one attached hydrogen (secondary N) is 1. The predicted molar refractivity (Wildman–Crippen MR) is 165 cm³/mol. The Morgan fingerprint density at radius 3 is 2.16 bits per heavy atom. The topological polar surface area (TPSA) is 183 Å². The number of fused-ring (bicyclic) bond motifs is 1. The molecular formula is C33H44N2O10. The Morgan fingerprint density at radius 2 is 1.60 bits per heavy atom. The lowest BCUT2D eigenvalue weighted by Crippen LogP contribution is -2.52. The van der Waals surface area contributed by atoms with E-state index in [9.17, 15) is 19.2 Å². The first-order valence-corrected chi connectivity index (χ1v) is 15.0. The number of aliphatic hydroxyl groups is 1. The van der Waals surface area contributed by atoms with E-state index in [1.165, 1.54) is 11.1 Å². The molecule has 12 heteroatoms. The molecule has 0 unspecified atom stereocenters. The van der Waals surface area contributed by atoms with Crippen LogP contribution in [0.25, 0.3) is 0 Å². The Morgan fingerprint density at radius 1 is 0.978 bits per heavy atom. The van der Waals surface area contributed by atoms with E-state index >= 15 is 0 Å². The number of nitrogens with zero attached hydrogens (tertiary/aromatic N) is 1. The zero-order valence-corrected chi connectivity index (χ0v) is 26.1. The number of carbonyl (C=O) groups excluding carboxylic acids is 1. The summed E-state index contributed by atoms with van der Waals surface area (Å²) in [6.07, 6.45) is 1.85. The van der Waals surface area contributed by atoms with E-state index < -0.39 is 36.4 Å². The van der Waals surface area contributed by atoms with Gasteiger partial charge < -0.3 is 29.9 Å². The Kier molecular flexibility index (Phi) is 12.1.